The number of nitro benzene ring substituents is 1. The summed E-state index contributed by atoms with van der Waals surface area (Å²) in [7, 11) is 5.05. The molecule has 25 rings (SSSR count). The summed E-state index contributed by atoms with van der Waals surface area (Å²) in [6.45, 7) is 0. The van der Waals surface area contributed by atoms with Crippen LogP contribution in [0.25, 0.3) is 84.5 Å². The van der Waals surface area contributed by atoms with Crippen molar-refractivity contribution in [3.8, 4) is 73.5 Å². The van der Waals surface area contributed by atoms with Crippen molar-refractivity contribution in [2.24, 2.45) is 32.8 Å². The fraction of sp³-hybridized carbons (Fsp3) is 0.125. The van der Waals surface area contributed by atoms with Gasteiger partial charge in [0.1, 0.15) is 69.1 Å². The van der Waals surface area contributed by atoms with Crippen molar-refractivity contribution in [2.75, 3.05) is 46.5 Å². The highest BCUT2D eigenvalue weighted by molar-refractivity contribution is 6.08. The summed E-state index contributed by atoms with van der Waals surface area (Å²) in [6.07, 6.45) is 39.7. The van der Waals surface area contributed by atoms with Crippen LogP contribution in [-0.2, 0) is 39.2 Å². The Bertz CT molecular complexity index is 8530. The predicted molar refractivity (Wildman–Crippen MR) is 544 cm³/mol. The van der Waals surface area contributed by atoms with E-state index < -0.39 is 4.92 Å². The number of methoxy groups -OCH3 is 2. The number of non-ortho nitro benzene ring substituents is 1. The van der Waals surface area contributed by atoms with E-state index in [0.29, 0.717) is 63.5 Å². The second-order valence-electron chi connectivity index (χ2n) is 34.1. The Hall–Kier alpha value is -19.8. The zero-order valence-electron chi connectivity index (χ0n) is 77.3. The quantitative estimate of drug-likeness (QED) is 0.0216. The number of oxime groups is 5. The number of aromatic hydroxyl groups is 1. The molecule has 12 aromatic heterocycles. The molecule has 0 aliphatic heterocycles. The van der Waals surface area contributed by atoms with Gasteiger partial charge in [-0.15, -0.1) is 0 Å². The van der Waals surface area contributed by atoms with E-state index in [1.165, 1.54) is 30.4 Å². The summed E-state index contributed by atoms with van der Waals surface area (Å²) in [6, 6.07) is 53.1. The van der Waals surface area contributed by atoms with Crippen molar-refractivity contribution in [3.63, 3.8) is 0 Å². The minimum Gasteiger partial charge on any atom is -0.504 e. The monoisotopic (exact) mass is 1920 g/mol. The number of imidazole rings is 5. The molecule has 12 heterocycles. The number of aromatic nitrogens is 18. The molecule has 0 bridgehead atoms. The van der Waals surface area contributed by atoms with Crippen LogP contribution in [0.2, 0.25) is 0 Å². The van der Waals surface area contributed by atoms with Gasteiger partial charge in [0.05, 0.1) is 84.9 Å². The average Bonchev–Trinajstić information content (AvgIpc) is 1.64. The molecule has 0 saturated carbocycles. The Morgan fingerprint density at radius 1 is 0.361 bits per heavy atom. The van der Waals surface area contributed by atoms with Gasteiger partial charge in [0.15, 0.2) is 39.7 Å². The standard InChI is InChI=1S/C22H19N5O3.C22H19N5O2.C21H16N6O3.C20H17N7O.C19H17N7O/c1-30-19-7-3-14(11-18(19)28)21-22(27-9-8-23-12-20(27)25-21)24-15-4-5-16-13(10-15)2-6-17(16)26-29;1-29-17-6-2-14(3-7-17)21-22(27-11-10-23-13-20(27)25-21)24-16-5-8-18-15(12-16)4-9-19(18)26-28;28-25-18-7-4-13-10-15(5-6-17(13)18)23-21-20(24-19-12-22-8-9-26(19)21)14-2-1-3-16(11-14)27(29)30;21-17-6-2-13(10-23-17)19-20(27-8-7-22-11-18(27)25-19)24-14-3-4-15-12(9-14)1-5-16(15)26-28;1-25-11-13(9-21-25)18-19(26-7-6-20-10-17(26)23-18)22-14-3-4-15-12(8-14)2-5-16(15)24-27/h3-5,7-12,24,28-29H,2,6H2,1H3;2-3,5-8,10-13,24,28H,4,9H2,1H3;1-3,5-6,8-12,23,28H,4,7H2;2-4,6-11,24,28H,1,5H2,(H2,21,23);3-4,6-11,22,27H,2,5H2,1H3/b26-17+;26-19+;25-18+;26-16+;24-16+. The van der Waals surface area contributed by atoms with Crippen LogP contribution < -0.4 is 41.8 Å². The summed E-state index contributed by atoms with van der Waals surface area (Å²) in [5.41, 5.74) is 36.0. The molecule has 5 aliphatic carbocycles. The van der Waals surface area contributed by atoms with Gasteiger partial charge in [-0.2, -0.15) is 5.10 Å². The van der Waals surface area contributed by atoms with E-state index in [2.05, 4.69) is 117 Å². The Morgan fingerprint density at radius 2 is 0.688 bits per heavy atom. The molecule has 714 valence electrons. The average molecular weight is 1920 g/mol. The number of nitrogens with two attached hydrogens (primary N) is 1. The lowest BCUT2D eigenvalue weighted by molar-refractivity contribution is -0.384. The lowest BCUT2D eigenvalue weighted by Crippen LogP contribution is -1.99. The first-order valence-electron chi connectivity index (χ1n) is 45.7. The lowest BCUT2D eigenvalue weighted by atomic mass is 10.1. The van der Waals surface area contributed by atoms with Crippen molar-refractivity contribution in [2.45, 2.75) is 64.2 Å². The Morgan fingerprint density at radius 3 is 0.993 bits per heavy atom. The summed E-state index contributed by atoms with van der Waals surface area (Å²) < 4.78 is 21.9. The third-order valence-electron chi connectivity index (χ3n) is 25.5. The zero-order valence-corrected chi connectivity index (χ0v) is 77.3. The molecule has 13 N–H and O–H groups in total. The number of ether oxygens (including phenoxy) is 2. The molecule has 20 aromatic rings. The van der Waals surface area contributed by atoms with Crippen molar-refractivity contribution in [1.29, 1.82) is 0 Å². The van der Waals surface area contributed by atoms with E-state index >= 15 is 0 Å². The number of nitrogens with zero attached hydrogens (tertiary/aromatic N) is 24. The maximum atomic E-state index is 11.2. The molecule has 8 aromatic carbocycles. The zero-order chi connectivity index (χ0) is 98.6. The van der Waals surface area contributed by atoms with Gasteiger partial charge >= 0.3 is 0 Å². The second-order valence-corrected chi connectivity index (χ2v) is 34.1. The number of nitrogen functional groups attached to an aromatic ring is 1. The maximum Gasteiger partial charge on any atom is 0.270 e. The van der Waals surface area contributed by atoms with Gasteiger partial charge in [0, 0.05) is 178 Å². The van der Waals surface area contributed by atoms with Gasteiger partial charge in [-0.05, 0) is 207 Å². The van der Waals surface area contributed by atoms with Crippen LogP contribution in [0.15, 0.2) is 307 Å². The molecule has 40 heteroatoms. The molecule has 0 atom stereocenters. The van der Waals surface area contributed by atoms with E-state index in [1.807, 2.05) is 163 Å². The third-order valence-corrected chi connectivity index (χ3v) is 25.5. The number of nitrogens with one attached hydrogen (secondary N) is 5. The molecule has 5 aliphatic rings. The van der Waals surface area contributed by atoms with Crippen molar-refractivity contribution in [1.82, 2.24) is 86.6 Å². The van der Waals surface area contributed by atoms with E-state index in [1.54, 1.807) is 123 Å². The van der Waals surface area contributed by atoms with Gasteiger partial charge in [-0.25, -0.2) is 29.9 Å². The number of hydrogen-bond donors (Lipinski definition) is 12. The van der Waals surface area contributed by atoms with Crippen LogP contribution in [-0.4, -0.2) is 165 Å². The van der Waals surface area contributed by atoms with Gasteiger partial charge in [0.25, 0.3) is 5.69 Å². The second kappa shape index (κ2) is 39.3. The highest BCUT2D eigenvalue weighted by Crippen LogP contribution is 2.43. The normalized spacial score (nSPS) is 14.4. The molecule has 0 spiro atoms. The predicted octanol–water partition coefficient (Wildman–Crippen LogP) is 18.7. The minimum absolute atomic E-state index is 0.00184. The smallest absolute Gasteiger partial charge is 0.270 e. The summed E-state index contributed by atoms with van der Waals surface area (Å²) in [5.74, 6) is 5.68. The molecule has 0 fully saturated rings. The van der Waals surface area contributed by atoms with Crippen molar-refractivity contribution < 1.29 is 45.5 Å². The molecule has 40 nitrogen and oxygen atoms in total. The molecule has 0 amide bonds. The van der Waals surface area contributed by atoms with Crippen molar-refractivity contribution >= 4 is 126 Å². The van der Waals surface area contributed by atoms with E-state index in [4.69, 9.17) is 61.2 Å². The molecule has 144 heavy (non-hydrogen) atoms. The number of aryl methyl sites for hydroxylation is 6. The summed E-state index contributed by atoms with van der Waals surface area (Å²) >= 11 is 0. The maximum absolute atomic E-state index is 11.2. The largest absolute Gasteiger partial charge is 0.504 e. The number of hydrogen-bond acceptors (Lipinski definition) is 33. The number of phenolic OH excluding ortho intramolecular Hbond substituents is 1. The van der Waals surface area contributed by atoms with Crippen LogP contribution in [0, 0.1) is 10.1 Å². The van der Waals surface area contributed by atoms with E-state index in [-0.39, 0.29) is 11.4 Å². The molecule has 0 radical (unpaired) electrons. The SMILES string of the molecule is COc1ccc(-c2nc3cnccn3c2Nc2ccc3c(c2)CC/C3=N\O)cc1.COc1ccc(-c2nc3cnccn3c2Nc2ccc3c(c2)CC/C3=N\O)cc1O.Cn1cc(-c2nc3cnccn3c2Nc2ccc3c(c2)CC/C3=N\O)cn1.Nc1ccc(-c2nc3cnccn3c2Nc2ccc3c(c2)CC/C3=N\O)cn1.O=[N+]([O-])c1cccc(-c2nc3cnccn3c2Nc2ccc3c(c2)CC/C3=N\O)c1. The van der Waals surface area contributed by atoms with Gasteiger partial charge in [-0.3, -0.25) is 61.7 Å². The number of pyridine rings is 1. The van der Waals surface area contributed by atoms with Crippen LogP contribution in [0.1, 0.15) is 87.7 Å². The number of anilines is 11. The van der Waals surface area contributed by atoms with Crippen LogP contribution in [0.5, 0.6) is 17.2 Å². The van der Waals surface area contributed by atoms with E-state index in [9.17, 15) is 15.2 Å². The highest BCUT2D eigenvalue weighted by Gasteiger charge is 2.29. The van der Waals surface area contributed by atoms with Crippen molar-refractivity contribution in [3.05, 3.63) is 347 Å². The first-order chi connectivity index (χ1) is 70.5. The molecule has 0 saturated heterocycles. The van der Waals surface area contributed by atoms with Gasteiger partial charge in [0.2, 0.25) is 0 Å². The number of phenols is 1. The third kappa shape index (κ3) is 18.1. The fourth-order valence-corrected chi connectivity index (χ4v) is 18.5. The number of rotatable bonds is 18. The molecule has 0 unspecified atom stereocenters. The van der Waals surface area contributed by atoms with Crippen LogP contribution in [0.4, 0.5) is 69.0 Å². The number of fused-ring (bicyclic) bond motifs is 10. The number of benzene rings is 8. The summed E-state index contributed by atoms with van der Waals surface area (Å²) in [4.78, 5) is 59.4. The fourth-order valence-electron chi connectivity index (χ4n) is 18.5. The number of nitro groups is 1. The Kier molecular flexibility index (Phi) is 24.8. The summed E-state index contributed by atoms with van der Waals surface area (Å²) in [5, 5.41) is 106. The Balaban J connectivity index is 0.000000106. The lowest BCUT2D eigenvalue weighted by Gasteiger charge is -2.11. The minimum atomic E-state index is -0.422. The van der Waals surface area contributed by atoms with E-state index in [0.717, 1.165) is 233 Å². The first kappa shape index (κ1) is 90.6. The topological polar surface area (TPSA) is 513 Å². The Labute approximate surface area is 817 Å². The van der Waals surface area contributed by atoms with Gasteiger partial charge in [-0.1, -0.05) is 68.2 Å². The molecular weight excluding hydrogens is 1830 g/mol. The first-order valence-corrected chi connectivity index (χ1v) is 45.7. The van der Waals surface area contributed by atoms with Crippen LogP contribution in [0.3, 0.4) is 0 Å². The van der Waals surface area contributed by atoms with Crippen LogP contribution >= 0.6 is 0 Å². The highest BCUT2D eigenvalue weighted by atomic mass is 16.6. The van der Waals surface area contributed by atoms with Gasteiger partial charge < -0.3 is 72.9 Å². The molecular formula is C104H88N30O10.